The normalized spacial score (nSPS) is 24.6. The third kappa shape index (κ3) is 3.68. The summed E-state index contributed by atoms with van der Waals surface area (Å²) in [4.78, 5) is 14.6. The predicted octanol–water partition coefficient (Wildman–Crippen LogP) is 2.56. The zero-order valence-corrected chi connectivity index (χ0v) is 13.4. The summed E-state index contributed by atoms with van der Waals surface area (Å²) in [6, 6.07) is 4.35. The molecule has 1 aromatic carbocycles. The minimum absolute atomic E-state index is 0.0387. The van der Waals surface area contributed by atoms with Gasteiger partial charge in [0.2, 0.25) is 5.91 Å². The van der Waals surface area contributed by atoms with E-state index < -0.39 is 5.82 Å². The van der Waals surface area contributed by atoms with Gasteiger partial charge in [0.1, 0.15) is 5.82 Å². The molecule has 3 unspecified atom stereocenters. The van der Waals surface area contributed by atoms with E-state index in [0.717, 1.165) is 12.3 Å². The van der Waals surface area contributed by atoms with E-state index in [9.17, 15) is 9.18 Å². The molecule has 0 saturated carbocycles. The molecule has 1 fully saturated rings. The first kappa shape index (κ1) is 16.1. The molecule has 3 atom stereocenters. The van der Waals surface area contributed by atoms with Crippen LogP contribution in [-0.4, -0.2) is 40.4 Å². The Balaban J connectivity index is 2.03. The van der Waals surface area contributed by atoms with Gasteiger partial charge in [-0.1, -0.05) is 6.92 Å². The van der Waals surface area contributed by atoms with Gasteiger partial charge in [0.05, 0.1) is 11.7 Å². The van der Waals surface area contributed by atoms with Crippen molar-refractivity contribution in [2.45, 2.75) is 38.1 Å². The van der Waals surface area contributed by atoms with Crippen molar-refractivity contribution < 1.29 is 9.18 Å². The number of nitrogens with two attached hydrogens (primary N) is 1. The maximum Gasteiger partial charge on any atom is 0.241 e. The van der Waals surface area contributed by atoms with Gasteiger partial charge in [-0.25, -0.2) is 4.39 Å². The van der Waals surface area contributed by atoms with Crippen molar-refractivity contribution >= 4 is 29.0 Å². The molecule has 3 N–H and O–H groups in total. The van der Waals surface area contributed by atoms with E-state index in [1.807, 2.05) is 18.7 Å². The largest absolute Gasteiger partial charge is 0.396 e. The lowest BCUT2D eigenvalue weighted by atomic mass is 10.1. The Morgan fingerprint density at radius 2 is 2.24 bits per heavy atom. The summed E-state index contributed by atoms with van der Waals surface area (Å²) in [5.74, 6) is 0.468. The number of halogens is 1. The van der Waals surface area contributed by atoms with Gasteiger partial charge in [-0.05, 0) is 32.0 Å². The van der Waals surface area contributed by atoms with Crippen LogP contribution in [0.5, 0.6) is 0 Å². The Bertz CT molecular complexity index is 526. The van der Waals surface area contributed by atoms with Crippen molar-refractivity contribution in [1.29, 1.82) is 0 Å². The molecule has 21 heavy (non-hydrogen) atoms. The first-order valence-corrected chi connectivity index (χ1v) is 8.18. The number of thioether (sulfide) groups is 1. The molecule has 116 valence electrons. The minimum atomic E-state index is -0.475. The smallest absolute Gasteiger partial charge is 0.241 e. The molecule has 1 aliphatic rings. The molecule has 0 spiro atoms. The lowest BCUT2D eigenvalue weighted by molar-refractivity contribution is -0.121. The second-order valence-electron chi connectivity index (χ2n) is 5.46. The van der Waals surface area contributed by atoms with Gasteiger partial charge in [0, 0.05) is 29.3 Å². The van der Waals surface area contributed by atoms with Crippen LogP contribution in [0.1, 0.15) is 20.8 Å². The second-order valence-corrected chi connectivity index (χ2v) is 6.94. The number of hydrogen-bond acceptors (Lipinski definition) is 4. The topological polar surface area (TPSA) is 58.4 Å². The highest BCUT2D eigenvalue weighted by Crippen LogP contribution is 2.26. The summed E-state index contributed by atoms with van der Waals surface area (Å²) in [7, 11) is 0. The number of amides is 1. The van der Waals surface area contributed by atoms with Crippen LogP contribution in [0.3, 0.4) is 0 Å². The molecule has 0 radical (unpaired) electrons. The van der Waals surface area contributed by atoms with Gasteiger partial charge in [-0.15, -0.1) is 0 Å². The Hall–Kier alpha value is -1.27. The number of carbonyl (C=O) groups is 1. The van der Waals surface area contributed by atoms with E-state index >= 15 is 0 Å². The standard InChI is InChI=1S/C15H22FN3OS/c1-9-11(3)21-7-6-19(9)10(2)15(20)18-12-4-5-13(16)14(17)8-12/h4-5,8-11H,6-7,17H2,1-3H3,(H,18,20). The summed E-state index contributed by atoms with van der Waals surface area (Å²) in [6.07, 6.45) is 0. The molecule has 4 nitrogen and oxygen atoms in total. The van der Waals surface area contributed by atoms with Crippen LogP contribution in [0.15, 0.2) is 18.2 Å². The first-order valence-electron chi connectivity index (χ1n) is 7.13. The Labute approximate surface area is 129 Å². The SMILES string of the molecule is CC1SCCN(C(C)C(=O)Nc2ccc(F)c(N)c2)C1C. The Morgan fingerprint density at radius 3 is 2.90 bits per heavy atom. The lowest BCUT2D eigenvalue weighted by Crippen LogP contribution is -2.53. The van der Waals surface area contributed by atoms with Crippen LogP contribution in [0.2, 0.25) is 0 Å². The third-order valence-electron chi connectivity index (χ3n) is 4.07. The Kier molecular flexibility index (Phi) is 5.11. The number of nitrogens with zero attached hydrogens (tertiary/aromatic N) is 1. The maximum atomic E-state index is 13.1. The first-order chi connectivity index (χ1) is 9.90. The van der Waals surface area contributed by atoms with Gasteiger partial charge in [0.25, 0.3) is 0 Å². The predicted molar refractivity (Wildman–Crippen MR) is 87.0 cm³/mol. The number of nitrogens with one attached hydrogen (secondary N) is 1. The zero-order chi connectivity index (χ0) is 15.6. The van der Waals surface area contributed by atoms with E-state index in [2.05, 4.69) is 24.1 Å². The molecular formula is C15H22FN3OS. The molecule has 1 saturated heterocycles. The van der Waals surface area contributed by atoms with Crippen LogP contribution in [0.4, 0.5) is 15.8 Å². The van der Waals surface area contributed by atoms with Crippen LogP contribution in [0.25, 0.3) is 0 Å². The highest BCUT2D eigenvalue weighted by Gasteiger charge is 2.31. The highest BCUT2D eigenvalue weighted by molar-refractivity contribution is 8.00. The van der Waals surface area contributed by atoms with Gasteiger partial charge in [-0.3, -0.25) is 9.69 Å². The fourth-order valence-corrected chi connectivity index (χ4v) is 3.64. The van der Waals surface area contributed by atoms with E-state index in [4.69, 9.17) is 5.73 Å². The average Bonchev–Trinajstić information content (AvgIpc) is 2.45. The zero-order valence-electron chi connectivity index (χ0n) is 12.6. The summed E-state index contributed by atoms with van der Waals surface area (Å²) in [5.41, 5.74) is 6.08. The summed E-state index contributed by atoms with van der Waals surface area (Å²) < 4.78 is 13.1. The van der Waals surface area contributed by atoms with Gasteiger partial charge in [-0.2, -0.15) is 11.8 Å². The second kappa shape index (κ2) is 6.66. The van der Waals surface area contributed by atoms with Crippen molar-refractivity contribution in [2.24, 2.45) is 0 Å². The van der Waals surface area contributed by atoms with Crippen LogP contribution in [-0.2, 0) is 4.79 Å². The molecule has 1 aromatic rings. The molecule has 0 bridgehead atoms. The summed E-state index contributed by atoms with van der Waals surface area (Å²) in [5, 5.41) is 3.32. The van der Waals surface area contributed by atoms with E-state index in [1.165, 1.54) is 18.2 Å². The number of carbonyl (C=O) groups excluding carboxylic acids is 1. The molecular weight excluding hydrogens is 289 g/mol. The molecule has 1 heterocycles. The lowest BCUT2D eigenvalue weighted by Gasteiger charge is -2.40. The van der Waals surface area contributed by atoms with Crippen LogP contribution in [0, 0.1) is 5.82 Å². The number of rotatable bonds is 3. The monoisotopic (exact) mass is 311 g/mol. The maximum absolute atomic E-state index is 13.1. The summed E-state index contributed by atoms with van der Waals surface area (Å²) in [6.45, 7) is 7.14. The number of hydrogen-bond donors (Lipinski definition) is 2. The van der Waals surface area contributed by atoms with Gasteiger partial charge >= 0.3 is 0 Å². The fourth-order valence-electron chi connectivity index (χ4n) is 2.52. The van der Waals surface area contributed by atoms with Gasteiger partial charge in [0.15, 0.2) is 0 Å². The average molecular weight is 311 g/mol. The number of nitrogen functional groups attached to an aromatic ring is 1. The fraction of sp³-hybridized carbons (Fsp3) is 0.533. The highest BCUT2D eigenvalue weighted by atomic mass is 32.2. The Morgan fingerprint density at radius 1 is 1.52 bits per heavy atom. The minimum Gasteiger partial charge on any atom is -0.396 e. The quantitative estimate of drug-likeness (QED) is 0.842. The molecule has 2 rings (SSSR count). The summed E-state index contributed by atoms with van der Waals surface area (Å²) >= 11 is 1.93. The number of anilines is 2. The molecule has 1 amide bonds. The number of benzene rings is 1. The molecule has 6 heteroatoms. The molecule has 1 aliphatic heterocycles. The van der Waals surface area contributed by atoms with Crippen molar-refractivity contribution in [3.05, 3.63) is 24.0 Å². The van der Waals surface area contributed by atoms with Crippen molar-refractivity contribution in [3.8, 4) is 0 Å². The third-order valence-corrected chi connectivity index (χ3v) is 5.41. The molecule has 0 aromatic heterocycles. The van der Waals surface area contributed by atoms with E-state index in [0.29, 0.717) is 17.0 Å². The van der Waals surface area contributed by atoms with E-state index in [-0.39, 0.29) is 17.6 Å². The van der Waals surface area contributed by atoms with E-state index in [1.54, 1.807) is 0 Å². The van der Waals surface area contributed by atoms with Gasteiger partial charge < -0.3 is 11.1 Å². The van der Waals surface area contributed by atoms with Crippen molar-refractivity contribution in [3.63, 3.8) is 0 Å². The van der Waals surface area contributed by atoms with Crippen LogP contribution >= 0.6 is 11.8 Å². The van der Waals surface area contributed by atoms with Crippen LogP contribution < -0.4 is 11.1 Å². The van der Waals surface area contributed by atoms with Crippen molar-refractivity contribution in [2.75, 3.05) is 23.3 Å². The van der Waals surface area contributed by atoms with Crippen molar-refractivity contribution in [1.82, 2.24) is 4.90 Å². The molecule has 0 aliphatic carbocycles.